The summed E-state index contributed by atoms with van der Waals surface area (Å²) in [7, 11) is 0. The second-order valence-corrected chi connectivity index (χ2v) is 2.84. The Kier molecular flexibility index (Phi) is 5.46. The van der Waals surface area contributed by atoms with Gasteiger partial charge in [-0.2, -0.15) is 0 Å². The molecule has 0 saturated carbocycles. The number of amides is 1. The second kappa shape index (κ2) is 5.80. The molecular weight excluding hydrogens is 194 g/mol. The highest BCUT2D eigenvalue weighted by atomic mass is 35.5. The van der Waals surface area contributed by atoms with Gasteiger partial charge in [0, 0.05) is 6.54 Å². The van der Waals surface area contributed by atoms with Crippen molar-refractivity contribution in [3.05, 3.63) is 0 Å². The van der Waals surface area contributed by atoms with Gasteiger partial charge in [-0.1, -0.05) is 6.92 Å². The summed E-state index contributed by atoms with van der Waals surface area (Å²) in [6.45, 7) is 3.83. The molecule has 0 fully saturated rings. The van der Waals surface area contributed by atoms with Crippen molar-refractivity contribution in [2.45, 2.75) is 26.3 Å². The lowest BCUT2D eigenvalue weighted by Crippen LogP contribution is -2.45. The van der Waals surface area contributed by atoms with Crippen LogP contribution in [0.3, 0.4) is 0 Å². The number of carbonyl (C=O) groups excluding carboxylic acids is 1. The van der Waals surface area contributed by atoms with E-state index in [4.69, 9.17) is 16.7 Å². The largest absolute Gasteiger partial charge is 0.480 e. The van der Waals surface area contributed by atoms with Crippen LogP contribution in [0.25, 0.3) is 0 Å². The Morgan fingerprint density at radius 3 is 2.23 bits per heavy atom. The number of hydrogen-bond acceptors (Lipinski definition) is 2. The fourth-order valence-corrected chi connectivity index (χ4v) is 1.33. The van der Waals surface area contributed by atoms with Crippen LogP contribution in [0, 0.1) is 0 Å². The summed E-state index contributed by atoms with van der Waals surface area (Å²) in [5, 5.41) is 8.78. The number of nitrogens with zero attached hydrogens (tertiary/aromatic N) is 1. The van der Waals surface area contributed by atoms with Crippen LogP contribution >= 0.6 is 11.6 Å². The van der Waals surface area contributed by atoms with Crippen molar-refractivity contribution in [3.63, 3.8) is 0 Å². The highest BCUT2D eigenvalue weighted by molar-refractivity contribution is 6.27. The lowest BCUT2D eigenvalue weighted by molar-refractivity contribution is -0.149. The molecule has 0 aliphatic heterocycles. The third-order valence-corrected chi connectivity index (χ3v) is 2.05. The lowest BCUT2D eigenvalue weighted by Gasteiger charge is -2.26. The van der Waals surface area contributed by atoms with E-state index in [1.165, 1.54) is 4.90 Å². The zero-order chi connectivity index (χ0) is 10.4. The number of hydrogen-bond donors (Lipinski definition) is 1. The number of carboxylic acid groups (broad SMARTS) is 1. The van der Waals surface area contributed by atoms with Gasteiger partial charge in [-0.15, -0.1) is 11.6 Å². The summed E-state index contributed by atoms with van der Waals surface area (Å²) in [4.78, 5) is 23.2. The summed E-state index contributed by atoms with van der Waals surface area (Å²) in [5.41, 5.74) is 0. The fraction of sp³-hybridized carbons (Fsp3) is 0.750. The van der Waals surface area contributed by atoms with Crippen molar-refractivity contribution in [1.29, 1.82) is 0 Å². The van der Waals surface area contributed by atoms with Crippen LogP contribution in [0.2, 0.25) is 0 Å². The van der Waals surface area contributed by atoms with Gasteiger partial charge in [-0.3, -0.25) is 4.79 Å². The molecule has 0 aliphatic carbocycles. The van der Waals surface area contributed by atoms with Gasteiger partial charge < -0.3 is 10.0 Å². The van der Waals surface area contributed by atoms with Crippen LogP contribution in [-0.4, -0.2) is 40.3 Å². The predicted octanol–water partition coefficient (Wildman–Crippen LogP) is 0.937. The molecule has 0 bridgehead atoms. The zero-order valence-corrected chi connectivity index (χ0v) is 8.54. The summed E-state index contributed by atoms with van der Waals surface area (Å²) < 4.78 is 0. The number of alkyl halides is 1. The molecule has 0 aromatic rings. The van der Waals surface area contributed by atoms with Crippen LogP contribution in [0.5, 0.6) is 0 Å². The van der Waals surface area contributed by atoms with E-state index < -0.39 is 12.0 Å². The second-order valence-electron chi connectivity index (χ2n) is 2.58. The SMILES string of the molecule is CCC(C(=O)O)N(CC)C(=O)CCl. The molecule has 0 heterocycles. The summed E-state index contributed by atoms with van der Waals surface area (Å²) >= 11 is 5.35. The molecule has 76 valence electrons. The van der Waals surface area contributed by atoms with E-state index in [9.17, 15) is 9.59 Å². The molecule has 0 rings (SSSR count). The van der Waals surface area contributed by atoms with Crippen LogP contribution in [0.15, 0.2) is 0 Å². The number of rotatable bonds is 5. The van der Waals surface area contributed by atoms with Crippen molar-refractivity contribution in [2.75, 3.05) is 12.4 Å². The number of aliphatic carboxylic acids is 1. The van der Waals surface area contributed by atoms with Crippen LogP contribution in [0.1, 0.15) is 20.3 Å². The number of likely N-dealkylation sites (N-methyl/N-ethyl adjacent to an activating group) is 1. The Hall–Kier alpha value is -0.770. The Morgan fingerprint density at radius 1 is 1.46 bits per heavy atom. The Balaban J connectivity index is 4.52. The molecule has 4 nitrogen and oxygen atoms in total. The molecule has 0 aromatic heterocycles. The third-order valence-electron chi connectivity index (χ3n) is 1.82. The first-order valence-electron chi connectivity index (χ1n) is 4.16. The van der Waals surface area contributed by atoms with E-state index >= 15 is 0 Å². The molecule has 0 aliphatic rings. The molecular formula is C8H14ClNO3. The predicted molar refractivity (Wildman–Crippen MR) is 49.8 cm³/mol. The van der Waals surface area contributed by atoms with Crippen LogP contribution in [0.4, 0.5) is 0 Å². The molecule has 1 amide bonds. The normalized spacial score (nSPS) is 12.2. The van der Waals surface area contributed by atoms with Gasteiger partial charge in [0.15, 0.2) is 0 Å². The maximum Gasteiger partial charge on any atom is 0.326 e. The van der Waals surface area contributed by atoms with E-state index in [2.05, 4.69) is 0 Å². The Labute approximate surface area is 82.5 Å². The zero-order valence-electron chi connectivity index (χ0n) is 7.79. The lowest BCUT2D eigenvalue weighted by atomic mass is 10.2. The van der Waals surface area contributed by atoms with Gasteiger partial charge in [-0.05, 0) is 13.3 Å². The minimum absolute atomic E-state index is 0.169. The number of carbonyl (C=O) groups is 2. The molecule has 5 heteroatoms. The minimum atomic E-state index is -0.984. The van der Waals surface area contributed by atoms with Gasteiger partial charge in [0.25, 0.3) is 0 Å². The Bertz CT molecular complexity index is 196. The molecule has 1 N–H and O–H groups in total. The quantitative estimate of drug-likeness (QED) is 0.683. The average molecular weight is 208 g/mol. The monoisotopic (exact) mass is 207 g/mol. The molecule has 1 atom stereocenters. The van der Waals surface area contributed by atoms with Crippen molar-refractivity contribution in [3.8, 4) is 0 Å². The first kappa shape index (κ1) is 12.2. The maximum absolute atomic E-state index is 11.2. The summed E-state index contributed by atoms with van der Waals surface area (Å²) in [5.74, 6) is -1.49. The molecule has 0 radical (unpaired) electrons. The van der Waals surface area contributed by atoms with Gasteiger partial charge in [0.05, 0.1) is 0 Å². The third kappa shape index (κ3) is 3.22. The van der Waals surface area contributed by atoms with Gasteiger partial charge in [0.2, 0.25) is 5.91 Å². The first-order valence-corrected chi connectivity index (χ1v) is 4.70. The molecule has 1 unspecified atom stereocenters. The van der Waals surface area contributed by atoms with E-state index in [0.717, 1.165) is 0 Å². The smallest absolute Gasteiger partial charge is 0.326 e. The van der Waals surface area contributed by atoms with E-state index in [1.807, 2.05) is 0 Å². The molecule has 0 aromatic carbocycles. The van der Waals surface area contributed by atoms with Crippen LogP contribution < -0.4 is 0 Å². The van der Waals surface area contributed by atoms with Crippen LogP contribution in [-0.2, 0) is 9.59 Å². The standard InChI is InChI=1S/C8H14ClNO3/c1-3-6(8(12)13)10(4-2)7(11)5-9/h6H,3-5H2,1-2H3,(H,12,13). The van der Waals surface area contributed by atoms with Gasteiger partial charge in [0.1, 0.15) is 11.9 Å². The minimum Gasteiger partial charge on any atom is -0.480 e. The van der Waals surface area contributed by atoms with Crippen molar-refractivity contribution < 1.29 is 14.7 Å². The van der Waals surface area contributed by atoms with Gasteiger partial charge >= 0.3 is 5.97 Å². The fourth-order valence-electron chi connectivity index (χ4n) is 1.18. The maximum atomic E-state index is 11.2. The topological polar surface area (TPSA) is 57.6 Å². The van der Waals surface area contributed by atoms with Crippen molar-refractivity contribution in [2.24, 2.45) is 0 Å². The summed E-state index contributed by atoms with van der Waals surface area (Å²) in [6, 6.07) is -0.753. The molecule has 0 saturated heterocycles. The first-order chi connectivity index (χ1) is 6.08. The van der Waals surface area contributed by atoms with E-state index in [-0.39, 0.29) is 11.8 Å². The number of carboxylic acids is 1. The Morgan fingerprint density at radius 2 is 2.00 bits per heavy atom. The highest BCUT2D eigenvalue weighted by Gasteiger charge is 2.25. The van der Waals surface area contributed by atoms with Gasteiger partial charge in [-0.25, -0.2) is 4.79 Å². The van der Waals surface area contributed by atoms with Crippen molar-refractivity contribution in [1.82, 2.24) is 4.90 Å². The number of halogens is 1. The van der Waals surface area contributed by atoms with Crippen molar-refractivity contribution >= 4 is 23.5 Å². The van der Waals surface area contributed by atoms with E-state index in [1.54, 1.807) is 13.8 Å². The summed E-state index contributed by atoms with van der Waals surface area (Å²) in [6.07, 6.45) is 0.395. The molecule has 13 heavy (non-hydrogen) atoms. The van der Waals surface area contributed by atoms with E-state index in [0.29, 0.717) is 13.0 Å². The molecule has 0 spiro atoms. The highest BCUT2D eigenvalue weighted by Crippen LogP contribution is 2.05. The average Bonchev–Trinajstić information content (AvgIpc) is 2.12.